The second-order valence-corrected chi connectivity index (χ2v) is 7.16. The molecule has 1 aromatic carbocycles. The van der Waals surface area contributed by atoms with Crippen LogP contribution in [0.15, 0.2) is 59.5 Å². The molecule has 1 aliphatic heterocycles. The Balaban J connectivity index is 1.74. The van der Waals surface area contributed by atoms with Gasteiger partial charge in [-0.2, -0.15) is 0 Å². The highest BCUT2D eigenvalue weighted by molar-refractivity contribution is 5.75. The van der Waals surface area contributed by atoms with E-state index in [-0.39, 0.29) is 30.0 Å². The molecule has 148 valence electrons. The number of carbonyl (C=O) groups is 2. The number of urea groups is 1. The van der Waals surface area contributed by atoms with E-state index < -0.39 is 5.97 Å². The number of amides is 2. The molecular formula is C21H25N3O4. The molecule has 7 heteroatoms. The molecule has 3 rings (SSSR count). The third kappa shape index (κ3) is 5.22. The van der Waals surface area contributed by atoms with Crippen LogP contribution >= 0.6 is 0 Å². The Morgan fingerprint density at radius 3 is 2.61 bits per heavy atom. The van der Waals surface area contributed by atoms with Crippen molar-refractivity contribution in [2.45, 2.75) is 31.8 Å². The Bertz CT molecular complexity index is 865. The molecule has 2 aromatic rings. The number of pyridine rings is 1. The first-order chi connectivity index (χ1) is 13.5. The van der Waals surface area contributed by atoms with Crippen molar-refractivity contribution in [3.8, 4) is 0 Å². The summed E-state index contributed by atoms with van der Waals surface area (Å²) in [5, 5.41) is 12.1. The summed E-state index contributed by atoms with van der Waals surface area (Å²) in [5.41, 5.74) is 0.780. The van der Waals surface area contributed by atoms with Gasteiger partial charge in [-0.25, -0.2) is 4.79 Å². The van der Waals surface area contributed by atoms with E-state index in [4.69, 9.17) is 5.11 Å². The zero-order valence-electron chi connectivity index (χ0n) is 15.7. The van der Waals surface area contributed by atoms with Gasteiger partial charge in [0, 0.05) is 31.8 Å². The van der Waals surface area contributed by atoms with Gasteiger partial charge in [-0.3, -0.25) is 9.59 Å². The first-order valence-electron chi connectivity index (χ1n) is 9.50. The van der Waals surface area contributed by atoms with Crippen molar-refractivity contribution < 1.29 is 14.7 Å². The van der Waals surface area contributed by atoms with Crippen LogP contribution < -0.4 is 10.9 Å². The van der Waals surface area contributed by atoms with E-state index in [1.807, 2.05) is 30.3 Å². The third-order valence-electron chi connectivity index (χ3n) is 5.05. The van der Waals surface area contributed by atoms with Crippen molar-refractivity contribution in [1.82, 2.24) is 14.8 Å². The Morgan fingerprint density at radius 1 is 1.14 bits per heavy atom. The number of hydrogen-bond acceptors (Lipinski definition) is 3. The maximum absolute atomic E-state index is 12.9. The summed E-state index contributed by atoms with van der Waals surface area (Å²) in [7, 11) is 0. The van der Waals surface area contributed by atoms with Crippen LogP contribution in [0.25, 0.3) is 0 Å². The van der Waals surface area contributed by atoms with Gasteiger partial charge in [0.25, 0.3) is 5.56 Å². The zero-order chi connectivity index (χ0) is 19.9. The molecule has 28 heavy (non-hydrogen) atoms. The van der Waals surface area contributed by atoms with Crippen molar-refractivity contribution in [2.24, 2.45) is 5.92 Å². The number of carbonyl (C=O) groups excluding carboxylic acids is 1. The number of rotatable bonds is 6. The number of aromatic nitrogens is 1. The third-order valence-corrected chi connectivity index (χ3v) is 5.05. The SMILES string of the molecule is O=C(O)CC1CCCN(C(=O)NC(Cn2ccccc2=O)c2ccccc2)C1. The molecule has 2 atom stereocenters. The quantitative estimate of drug-likeness (QED) is 0.802. The molecule has 0 bridgehead atoms. The lowest BCUT2D eigenvalue weighted by Gasteiger charge is -2.33. The minimum atomic E-state index is -0.835. The summed E-state index contributed by atoms with van der Waals surface area (Å²) in [4.78, 5) is 37.6. The fraction of sp³-hybridized carbons (Fsp3) is 0.381. The fourth-order valence-electron chi connectivity index (χ4n) is 3.63. The summed E-state index contributed by atoms with van der Waals surface area (Å²) >= 11 is 0. The lowest BCUT2D eigenvalue weighted by molar-refractivity contribution is -0.138. The van der Waals surface area contributed by atoms with Crippen LogP contribution in [0.2, 0.25) is 0 Å². The average molecular weight is 383 g/mol. The van der Waals surface area contributed by atoms with Gasteiger partial charge in [-0.15, -0.1) is 0 Å². The summed E-state index contributed by atoms with van der Waals surface area (Å²) < 4.78 is 1.57. The number of benzene rings is 1. The molecule has 2 heterocycles. The summed E-state index contributed by atoms with van der Waals surface area (Å²) in [6.45, 7) is 1.36. The van der Waals surface area contributed by atoms with Gasteiger partial charge in [0.2, 0.25) is 0 Å². The molecular weight excluding hydrogens is 358 g/mol. The number of likely N-dealkylation sites (tertiary alicyclic amines) is 1. The minimum Gasteiger partial charge on any atom is -0.481 e. The van der Waals surface area contributed by atoms with E-state index in [9.17, 15) is 14.4 Å². The molecule has 0 saturated carbocycles. The number of nitrogens with one attached hydrogen (secondary N) is 1. The minimum absolute atomic E-state index is 0.0241. The highest BCUT2D eigenvalue weighted by Gasteiger charge is 2.27. The largest absolute Gasteiger partial charge is 0.481 e. The topological polar surface area (TPSA) is 91.6 Å². The van der Waals surface area contributed by atoms with Crippen LogP contribution in [0.1, 0.15) is 30.9 Å². The Kier molecular flexibility index (Phi) is 6.47. The van der Waals surface area contributed by atoms with Crippen LogP contribution in [0.5, 0.6) is 0 Å². The normalized spacial score (nSPS) is 17.7. The average Bonchev–Trinajstić information content (AvgIpc) is 2.69. The fourth-order valence-corrected chi connectivity index (χ4v) is 3.63. The van der Waals surface area contributed by atoms with Gasteiger partial charge in [0.15, 0.2) is 0 Å². The van der Waals surface area contributed by atoms with Gasteiger partial charge in [-0.05, 0) is 30.4 Å². The van der Waals surface area contributed by atoms with Crippen LogP contribution in [0, 0.1) is 5.92 Å². The highest BCUT2D eigenvalue weighted by Crippen LogP contribution is 2.21. The summed E-state index contributed by atoms with van der Waals surface area (Å²) in [5.74, 6) is -0.859. The molecule has 1 aliphatic rings. The lowest BCUT2D eigenvalue weighted by Crippen LogP contribution is -2.47. The molecule has 1 saturated heterocycles. The van der Waals surface area contributed by atoms with Gasteiger partial charge in [-0.1, -0.05) is 36.4 Å². The molecule has 1 fully saturated rings. The maximum Gasteiger partial charge on any atom is 0.317 e. The molecule has 0 spiro atoms. The van der Waals surface area contributed by atoms with E-state index in [1.165, 1.54) is 6.07 Å². The summed E-state index contributed by atoms with van der Waals surface area (Å²) in [6, 6.07) is 13.9. The van der Waals surface area contributed by atoms with Gasteiger partial charge >= 0.3 is 12.0 Å². The molecule has 0 radical (unpaired) electrons. The van der Waals surface area contributed by atoms with Crippen LogP contribution in [-0.4, -0.2) is 39.7 Å². The number of piperidine rings is 1. The second-order valence-electron chi connectivity index (χ2n) is 7.16. The van der Waals surface area contributed by atoms with Gasteiger partial charge < -0.3 is 19.9 Å². The Morgan fingerprint density at radius 2 is 1.89 bits per heavy atom. The Labute approximate surface area is 163 Å². The van der Waals surface area contributed by atoms with Crippen LogP contribution in [0.4, 0.5) is 4.79 Å². The Hall–Kier alpha value is -3.09. The highest BCUT2D eigenvalue weighted by atomic mass is 16.4. The predicted molar refractivity (Wildman–Crippen MR) is 105 cm³/mol. The van der Waals surface area contributed by atoms with Crippen LogP contribution in [0.3, 0.4) is 0 Å². The predicted octanol–water partition coefficient (Wildman–Crippen LogP) is 2.49. The standard InChI is InChI=1S/C21H25N3O4/c25-19-10-4-5-11-23(19)15-18(17-8-2-1-3-9-17)22-21(28)24-12-6-7-16(14-24)13-20(26)27/h1-5,8-11,16,18H,6-7,12-15H2,(H,22,28)(H,26,27). The molecule has 0 aliphatic carbocycles. The molecule has 1 aromatic heterocycles. The maximum atomic E-state index is 12.9. The van der Waals surface area contributed by atoms with E-state index in [1.54, 1.807) is 27.8 Å². The van der Waals surface area contributed by atoms with Gasteiger partial charge in [0.1, 0.15) is 0 Å². The smallest absolute Gasteiger partial charge is 0.317 e. The zero-order valence-corrected chi connectivity index (χ0v) is 15.7. The van der Waals surface area contributed by atoms with Gasteiger partial charge in [0.05, 0.1) is 12.6 Å². The monoisotopic (exact) mass is 383 g/mol. The number of hydrogen-bond donors (Lipinski definition) is 2. The molecule has 2 amide bonds. The van der Waals surface area contributed by atoms with E-state index >= 15 is 0 Å². The van der Waals surface area contributed by atoms with Crippen LogP contribution in [-0.2, 0) is 11.3 Å². The van der Waals surface area contributed by atoms with Crippen molar-refractivity contribution >= 4 is 12.0 Å². The van der Waals surface area contributed by atoms with Crippen molar-refractivity contribution in [1.29, 1.82) is 0 Å². The van der Waals surface area contributed by atoms with E-state index in [2.05, 4.69) is 5.32 Å². The van der Waals surface area contributed by atoms with Crippen molar-refractivity contribution in [3.63, 3.8) is 0 Å². The summed E-state index contributed by atoms with van der Waals surface area (Å²) in [6.07, 6.45) is 3.39. The van der Waals surface area contributed by atoms with E-state index in [0.29, 0.717) is 19.6 Å². The van der Waals surface area contributed by atoms with Crippen molar-refractivity contribution in [2.75, 3.05) is 13.1 Å². The molecule has 2 N–H and O–H groups in total. The molecule has 2 unspecified atom stereocenters. The van der Waals surface area contributed by atoms with Crippen molar-refractivity contribution in [3.05, 3.63) is 70.6 Å². The van der Waals surface area contributed by atoms with E-state index in [0.717, 1.165) is 18.4 Å². The number of aliphatic carboxylic acids is 1. The number of carboxylic acids is 1. The number of carboxylic acid groups (broad SMARTS) is 1. The molecule has 7 nitrogen and oxygen atoms in total. The first-order valence-corrected chi connectivity index (χ1v) is 9.50. The lowest BCUT2D eigenvalue weighted by atomic mass is 9.95. The second kappa shape index (κ2) is 9.21. The first kappa shape index (κ1) is 19.7. The number of nitrogens with zero attached hydrogens (tertiary/aromatic N) is 2.